The van der Waals surface area contributed by atoms with E-state index in [4.69, 9.17) is 4.42 Å². The number of hydrogen-bond donors (Lipinski definition) is 1. The maximum atomic E-state index is 12.7. The van der Waals surface area contributed by atoms with Crippen LogP contribution in [0.25, 0.3) is 0 Å². The third kappa shape index (κ3) is 4.53. The van der Waals surface area contributed by atoms with E-state index < -0.39 is 0 Å². The minimum atomic E-state index is -0.144. The van der Waals surface area contributed by atoms with Crippen LogP contribution in [0.1, 0.15) is 22.2 Å². The molecule has 0 bridgehead atoms. The summed E-state index contributed by atoms with van der Waals surface area (Å²) in [6.45, 7) is 0.448. The normalized spacial score (nSPS) is 12.1. The lowest BCUT2D eigenvalue weighted by Crippen LogP contribution is -2.34. The molecule has 5 nitrogen and oxygen atoms in total. The Kier molecular flexibility index (Phi) is 6.09. The number of nitrogens with zero attached hydrogens (tertiary/aromatic N) is 2. The third-order valence-corrected chi connectivity index (χ3v) is 4.95. The number of amides is 1. The Morgan fingerprint density at radius 2 is 1.96 bits per heavy atom. The minimum Gasteiger partial charge on any atom is -0.468 e. The maximum absolute atomic E-state index is 12.7. The van der Waals surface area contributed by atoms with E-state index in [2.05, 4.69) is 10.3 Å². The van der Waals surface area contributed by atoms with Crippen molar-refractivity contribution in [1.82, 2.24) is 15.2 Å². The zero-order valence-electron chi connectivity index (χ0n) is 14.8. The summed E-state index contributed by atoms with van der Waals surface area (Å²) < 4.78 is 5.49. The van der Waals surface area contributed by atoms with Gasteiger partial charge in [-0.25, -0.2) is 4.98 Å². The number of aromatic nitrogens is 1. The zero-order valence-corrected chi connectivity index (χ0v) is 15.6. The van der Waals surface area contributed by atoms with Crippen LogP contribution >= 0.6 is 11.8 Å². The van der Waals surface area contributed by atoms with Gasteiger partial charge in [0.1, 0.15) is 10.8 Å². The third-order valence-electron chi connectivity index (χ3n) is 3.92. The van der Waals surface area contributed by atoms with E-state index in [-0.39, 0.29) is 11.9 Å². The van der Waals surface area contributed by atoms with Gasteiger partial charge in [-0.3, -0.25) is 9.69 Å². The number of hydrogen-bond acceptors (Lipinski definition) is 5. The standard InChI is InChI=1S/C20H21N3O2S/c1-23(2)17(18-11-7-13-25-18)14-22-19(24)16-10-6-12-21-20(16)26-15-8-4-3-5-9-15/h3-13,17H,14H2,1-2H3,(H,22,24)/t17-/m0/s1. The molecule has 0 spiro atoms. The van der Waals surface area contributed by atoms with Crippen molar-refractivity contribution in [2.45, 2.75) is 16.0 Å². The molecule has 1 atom stereocenters. The number of rotatable bonds is 7. The predicted octanol–water partition coefficient (Wildman–Crippen LogP) is 3.86. The number of benzene rings is 1. The average Bonchev–Trinajstić information content (AvgIpc) is 3.17. The van der Waals surface area contributed by atoms with Crippen LogP contribution < -0.4 is 5.32 Å². The summed E-state index contributed by atoms with van der Waals surface area (Å²) in [5.41, 5.74) is 0.568. The van der Waals surface area contributed by atoms with Gasteiger partial charge in [0.05, 0.1) is 17.9 Å². The lowest BCUT2D eigenvalue weighted by molar-refractivity contribution is 0.0935. The van der Waals surface area contributed by atoms with Crippen molar-refractivity contribution in [2.24, 2.45) is 0 Å². The molecule has 2 aromatic heterocycles. The number of nitrogens with one attached hydrogen (secondary N) is 1. The first-order valence-corrected chi connectivity index (χ1v) is 9.12. The van der Waals surface area contributed by atoms with Crippen LogP contribution in [0.15, 0.2) is 81.4 Å². The molecule has 0 aliphatic heterocycles. The van der Waals surface area contributed by atoms with E-state index in [1.165, 1.54) is 11.8 Å². The first kappa shape index (κ1) is 18.2. The molecule has 1 N–H and O–H groups in total. The van der Waals surface area contributed by atoms with Gasteiger partial charge < -0.3 is 9.73 Å². The van der Waals surface area contributed by atoms with Crippen molar-refractivity contribution in [3.05, 3.63) is 78.4 Å². The molecule has 0 fully saturated rings. The van der Waals surface area contributed by atoms with Crippen molar-refractivity contribution < 1.29 is 9.21 Å². The molecular weight excluding hydrogens is 346 g/mol. The summed E-state index contributed by atoms with van der Waals surface area (Å²) in [4.78, 5) is 20.2. The van der Waals surface area contributed by atoms with Crippen LogP contribution in [-0.4, -0.2) is 36.4 Å². The average molecular weight is 367 g/mol. The van der Waals surface area contributed by atoms with Crippen molar-refractivity contribution in [3.63, 3.8) is 0 Å². The molecule has 0 aliphatic rings. The molecule has 1 aromatic carbocycles. The first-order valence-electron chi connectivity index (χ1n) is 8.31. The summed E-state index contributed by atoms with van der Waals surface area (Å²) in [7, 11) is 3.92. The van der Waals surface area contributed by atoms with Gasteiger partial charge in [-0.1, -0.05) is 30.0 Å². The van der Waals surface area contributed by atoms with Gasteiger partial charge in [0, 0.05) is 17.6 Å². The van der Waals surface area contributed by atoms with Crippen molar-refractivity contribution in [3.8, 4) is 0 Å². The highest BCUT2D eigenvalue weighted by molar-refractivity contribution is 7.99. The van der Waals surface area contributed by atoms with Crippen LogP contribution in [-0.2, 0) is 0 Å². The quantitative estimate of drug-likeness (QED) is 0.687. The van der Waals surface area contributed by atoms with E-state index in [1.807, 2.05) is 61.5 Å². The van der Waals surface area contributed by atoms with Gasteiger partial charge in [0.2, 0.25) is 0 Å². The van der Waals surface area contributed by atoms with Crippen LogP contribution in [0.2, 0.25) is 0 Å². The van der Waals surface area contributed by atoms with Crippen LogP contribution in [0, 0.1) is 0 Å². The van der Waals surface area contributed by atoms with E-state index in [0.29, 0.717) is 17.1 Å². The van der Waals surface area contributed by atoms with E-state index in [0.717, 1.165) is 10.7 Å². The molecule has 6 heteroatoms. The van der Waals surface area contributed by atoms with Gasteiger partial charge in [0.15, 0.2) is 0 Å². The maximum Gasteiger partial charge on any atom is 0.254 e. The van der Waals surface area contributed by atoms with E-state index in [1.54, 1.807) is 24.6 Å². The molecule has 1 amide bonds. The molecule has 0 saturated heterocycles. The number of carbonyl (C=O) groups excluding carboxylic acids is 1. The Labute approximate surface area is 157 Å². The van der Waals surface area contributed by atoms with Crippen LogP contribution in [0.3, 0.4) is 0 Å². The molecule has 0 unspecified atom stereocenters. The Morgan fingerprint density at radius 1 is 1.15 bits per heavy atom. The molecule has 3 rings (SSSR count). The second-order valence-electron chi connectivity index (χ2n) is 5.98. The van der Waals surface area contributed by atoms with E-state index in [9.17, 15) is 4.79 Å². The number of pyridine rings is 1. The van der Waals surface area contributed by atoms with Crippen molar-refractivity contribution in [2.75, 3.05) is 20.6 Å². The zero-order chi connectivity index (χ0) is 18.4. The molecule has 0 radical (unpaired) electrons. The lowest BCUT2D eigenvalue weighted by Gasteiger charge is -2.22. The SMILES string of the molecule is CN(C)[C@@H](CNC(=O)c1cccnc1Sc1ccccc1)c1ccco1. The fraction of sp³-hybridized carbons (Fsp3) is 0.200. The van der Waals surface area contributed by atoms with Crippen molar-refractivity contribution in [1.29, 1.82) is 0 Å². The lowest BCUT2D eigenvalue weighted by atomic mass is 10.2. The monoisotopic (exact) mass is 367 g/mol. The summed E-state index contributed by atoms with van der Waals surface area (Å²) in [5.74, 6) is 0.676. The fourth-order valence-electron chi connectivity index (χ4n) is 2.55. The molecule has 0 saturated carbocycles. The summed E-state index contributed by atoms with van der Waals surface area (Å²) in [5, 5.41) is 3.69. The second kappa shape index (κ2) is 8.69. The number of carbonyl (C=O) groups is 1. The van der Waals surface area contributed by atoms with E-state index >= 15 is 0 Å². The molecule has 3 aromatic rings. The predicted molar refractivity (Wildman–Crippen MR) is 102 cm³/mol. The summed E-state index contributed by atoms with van der Waals surface area (Å²) >= 11 is 1.48. The highest BCUT2D eigenvalue weighted by atomic mass is 32.2. The van der Waals surface area contributed by atoms with Crippen LogP contribution in [0.4, 0.5) is 0 Å². The largest absolute Gasteiger partial charge is 0.468 e. The van der Waals surface area contributed by atoms with Gasteiger partial charge in [-0.05, 0) is 50.5 Å². The Hall–Kier alpha value is -2.57. The Bertz CT molecular complexity index is 835. The highest BCUT2D eigenvalue weighted by Crippen LogP contribution is 2.28. The number of furan rings is 1. The molecule has 134 valence electrons. The van der Waals surface area contributed by atoms with Crippen LogP contribution in [0.5, 0.6) is 0 Å². The highest BCUT2D eigenvalue weighted by Gasteiger charge is 2.20. The Balaban J connectivity index is 1.72. The van der Waals surface area contributed by atoms with Gasteiger partial charge >= 0.3 is 0 Å². The van der Waals surface area contributed by atoms with Crippen molar-refractivity contribution >= 4 is 17.7 Å². The van der Waals surface area contributed by atoms with Gasteiger partial charge in [-0.15, -0.1) is 0 Å². The first-order chi connectivity index (χ1) is 12.6. The summed E-state index contributed by atoms with van der Waals surface area (Å²) in [6, 6.07) is 17.2. The topological polar surface area (TPSA) is 58.4 Å². The molecule has 0 aliphatic carbocycles. The second-order valence-corrected chi connectivity index (χ2v) is 7.04. The molecule has 26 heavy (non-hydrogen) atoms. The van der Waals surface area contributed by atoms with Gasteiger partial charge in [-0.2, -0.15) is 0 Å². The summed E-state index contributed by atoms with van der Waals surface area (Å²) in [6.07, 6.45) is 3.34. The Morgan fingerprint density at radius 3 is 2.65 bits per heavy atom. The number of likely N-dealkylation sites (N-methyl/N-ethyl adjacent to an activating group) is 1. The fourth-order valence-corrected chi connectivity index (χ4v) is 3.45. The molecule has 2 heterocycles. The minimum absolute atomic E-state index is 0.0316. The molecular formula is C20H21N3O2S. The van der Waals surface area contributed by atoms with Gasteiger partial charge in [0.25, 0.3) is 5.91 Å². The smallest absolute Gasteiger partial charge is 0.254 e.